The van der Waals surface area contributed by atoms with Crippen molar-refractivity contribution in [2.75, 3.05) is 0 Å². The molecule has 8 heteroatoms. The first-order valence-corrected chi connectivity index (χ1v) is 8.51. The lowest BCUT2D eigenvalue weighted by Crippen LogP contribution is -2.19. The molecule has 3 rings (SSSR count). The van der Waals surface area contributed by atoms with Crippen LogP contribution in [0.5, 0.6) is 0 Å². The quantitative estimate of drug-likeness (QED) is 0.280. The van der Waals surface area contributed by atoms with Crippen LogP contribution in [0, 0.1) is 13.8 Å². The first-order valence-electron chi connectivity index (χ1n) is 7.72. The maximum atomic E-state index is 12.4. The molecule has 1 aromatic carbocycles. The zero-order valence-corrected chi connectivity index (χ0v) is 15.9. The number of hydrogen-bond donors (Lipinski definition) is 0. The van der Waals surface area contributed by atoms with E-state index in [0.29, 0.717) is 27.9 Å². The van der Waals surface area contributed by atoms with Crippen molar-refractivity contribution in [2.24, 2.45) is 7.05 Å². The van der Waals surface area contributed by atoms with E-state index in [0.717, 1.165) is 4.47 Å². The van der Waals surface area contributed by atoms with Crippen molar-refractivity contribution in [1.82, 2.24) is 9.78 Å². The number of Topliss-reactive ketones (excluding diaryl/α,β-unsaturated/α-hetero) is 1. The summed E-state index contributed by atoms with van der Waals surface area (Å²) < 4.78 is 12.6. The van der Waals surface area contributed by atoms with Crippen LogP contribution in [-0.4, -0.2) is 21.5 Å². The van der Waals surface area contributed by atoms with E-state index in [2.05, 4.69) is 21.0 Å². The molecule has 3 aromatic rings. The Morgan fingerprint density at radius 1 is 1.27 bits per heavy atom. The number of aryl methyl sites for hydroxylation is 2. The van der Waals surface area contributed by atoms with Gasteiger partial charge in [-0.3, -0.25) is 9.48 Å². The van der Waals surface area contributed by atoms with E-state index in [1.165, 1.54) is 10.7 Å². The van der Waals surface area contributed by atoms with Crippen LogP contribution in [0.15, 0.2) is 37.9 Å². The molecular weight excluding hydrogens is 404 g/mol. The molecule has 134 valence electrons. The van der Waals surface area contributed by atoms with E-state index in [9.17, 15) is 14.4 Å². The van der Waals surface area contributed by atoms with Crippen molar-refractivity contribution < 1.29 is 18.7 Å². The van der Waals surface area contributed by atoms with Crippen LogP contribution in [0.25, 0.3) is 11.0 Å². The van der Waals surface area contributed by atoms with Crippen LogP contribution in [0.4, 0.5) is 0 Å². The Hall–Kier alpha value is -2.74. The lowest BCUT2D eigenvalue weighted by Gasteiger charge is -2.07. The Morgan fingerprint density at radius 3 is 2.65 bits per heavy atom. The predicted molar refractivity (Wildman–Crippen MR) is 97.0 cm³/mol. The van der Waals surface area contributed by atoms with E-state index in [4.69, 9.17) is 9.15 Å². The fraction of sp³-hybridized carbons (Fsp3) is 0.222. The third kappa shape index (κ3) is 3.32. The van der Waals surface area contributed by atoms with Gasteiger partial charge in [0.15, 0.2) is 0 Å². The van der Waals surface area contributed by atoms with E-state index in [1.807, 2.05) is 0 Å². The van der Waals surface area contributed by atoms with E-state index in [1.54, 1.807) is 39.1 Å². The van der Waals surface area contributed by atoms with Crippen molar-refractivity contribution in [3.63, 3.8) is 0 Å². The Balaban J connectivity index is 1.85. The highest BCUT2D eigenvalue weighted by Crippen LogP contribution is 2.22. The molecule has 0 radical (unpaired) electrons. The molecule has 0 fully saturated rings. The first kappa shape index (κ1) is 18.1. The smallest absolute Gasteiger partial charge is 0.380 e. The first-order chi connectivity index (χ1) is 12.3. The van der Waals surface area contributed by atoms with Crippen LogP contribution >= 0.6 is 15.9 Å². The molecule has 0 amide bonds. The maximum absolute atomic E-state index is 12.4. The number of ketones is 1. The van der Waals surface area contributed by atoms with Crippen molar-refractivity contribution in [3.8, 4) is 0 Å². The van der Waals surface area contributed by atoms with Gasteiger partial charge in [-0.05, 0) is 32.0 Å². The molecule has 0 saturated carbocycles. The average Bonchev–Trinajstić information content (AvgIpc) is 2.83. The van der Waals surface area contributed by atoms with Crippen LogP contribution in [0.3, 0.4) is 0 Å². The van der Waals surface area contributed by atoms with Crippen molar-refractivity contribution >= 4 is 38.7 Å². The average molecular weight is 419 g/mol. The molecule has 0 aliphatic carbocycles. The minimum atomic E-state index is -0.997. The Labute approximate surface area is 156 Å². The largest absolute Gasteiger partial charge is 0.455 e. The maximum Gasteiger partial charge on any atom is 0.380 e. The van der Waals surface area contributed by atoms with Gasteiger partial charge in [0.2, 0.25) is 0 Å². The van der Waals surface area contributed by atoms with Gasteiger partial charge in [-0.15, -0.1) is 0 Å². The Bertz CT molecular complexity index is 1100. The third-order valence-electron chi connectivity index (χ3n) is 4.07. The molecule has 0 atom stereocenters. The zero-order valence-electron chi connectivity index (χ0n) is 14.3. The number of carbonyl (C=O) groups excluding carboxylic acids is 2. The number of aromatic nitrogens is 2. The molecule has 0 aliphatic rings. The Morgan fingerprint density at radius 2 is 2.00 bits per heavy atom. The molecule has 0 bridgehead atoms. The SMILES string of the molecule is Cc1nn(C)c(C)c1C(=O)C(=O)OCc1cc(=O)oc2cc(Br)ccc12. The third-order valence-corrected chi connectivity index (χ3v) is 4.57. The van der Waals surface area contributed by atoms with Crippen LogP contribution in [-0.2, 0) is 23.2 Å². The lowest BCUT2D eigenvalue weighted by molar-refractivity contribution is -0.139. The van der Waals surface area contributed by atoms with Crippen LogP contribution in [0.1, 0.15) is 27.3 Å². The summed E-state index contributed by atoms with van der Waals surface area (Å²) in [5.41, 5.74) is 1.54. The molecule has 2 heterocycles. The summed E-state index contributed by atoms with van der Waals surface area (Å²) in [4.78, 5) is 36.3. The predicted octanol–water partition coefficient (Wildman–Crippen LogP) is 2.83. The lowest BCUT2D eigenvalue weighted by atomic mass is 10.1. The summed E-state index contributed by atoms with van der Waals surface area (Å²) in [5, 5.41) is 4.75. The summed E-state index contributed by atoms with van der Waals surface area (Å²) in [6.07, 6.45) is 0. The highest BCUT2D eigenvalue weighted by atomic mass is 79.9. The monoisotopic (exact) mass is 418 g/mol. The molecule has 26 heavy (non-hydrogen) atoms. The number of esters is 1. The second-order valence-corrected chi connectivity index (χ2v) is 6.72. The van der Waals surface area contributed by atoms with Gasteiger partial charge in [-0.1, -0.05) is 15.9 Å². The molecule has 0 spiro atoms. The molecular formula is C18H15BrN2O5. The normalized spacial score (nSPS) is 10.9. The van der Waals surface area contributed by atoms with Crippen LogP contribution in [0.2, 0.25) is 0 Å². The van der Waals surface area contributed by atoms with Crippen molar-refractivity contribution in [3.05, 3.63) is 61.7 Å². The Kier molecular flexibility index (Phi) is 4.78. The number of benzene rings is 1. The number of rotatable bonds is 4. The summed E-state index contributed by atoms with van der Waals surface area (Å²) in [7, 11) is 1.69. The molecule has 0 aliphatic heterocycles. The summed E-state index contributed by atoms with van der Waals surface area (Å²) in [6, 6.07) is 6.41. The van der Waals surface area contributed by atoms with Gasteiger partial charge in [0.05, 0.1) is 11.3 Å². The van der Waals surface area contributed by atoms with Crippen molar-refractivity contribution in [2.45, 2.75) is 20.5 Å². The standard InChI is InChI=1S/C18H15BrN2O5/c1-9-16(10(2)21(3)20-9)17(23)18(24)25-8-11-6-15(22)26-14-7-12(19)4-5-13(11)14/h4-7H,8H2,1-3H3. The van der Waals surface area contributed by atoms with E-state index >= 15 is 0 Å². The number of fused-ring (bicyclic) bond motifs is 1. The van der Waals surface area contributed by atoms with Gasteiger partial charge in [-0.25, -0.2) is 9.59 Å². The topological polar surface area (TPSA) is 91.4 Å². The molecule has 0 unspecified atom stereocenters. The minimum Gasteiger partial charge on any atom is -0.455 e. The number of carbonyl (C=O) groups is 2. The van der Waals surface area contributed by atoms with Crippen LogP contribution < -0.4 is 5.63 Å². The minimum absolute atomic E-state index is 0.216. The fourth-order valence-electron chi connectivity index (χ4n) is 2.74. The van der Waals surface area contributed by atoms with E-state index < -0.39 is 17.4 Å². The molecule has 7 nitrogen and oxygen atoms in total. The number of nitrogens with zero attached hydrogens (tertiary/aromatic N) is 2. The number of hydrogen-bond acceptors (Lipinski definition) is 6. The fourth-order valence-corrected chi connectivity index (χ4v) is 3.08. The van der Waals surface area contributed by atoms with Gasteiger partial charge in [0.25, 0.3) is 5.78 Å². The highest BCUT2D eigenvalue weighted by molar-refractivity contribution is 9.10. The van der Waals surface area contributed by atoms with Gasteiger partial charge in [0, 0.05) is 34.2 Å². The molecule has 0 N–H and O–H groups in total. The van der Waals surface area contributed by atoms with E-state index in [-0.39, 0.29) is 12.2 Å². The number of ether oxygens (including phenoxy) is 1. The van der Waals surface area contributed by atoms with Gasteiger partial charge < -0.3 is 9.15 Å². The zero-order chi connectivity index (χ0) is 19.0. The van der Waals surface area contributed by atoms with Crippen molar-refractivity contribution in [1.29, 1.82) is 0 Å². The number of halogens is 1. The summed E-state index contributed by atoms with van der Waals surface area (Å²) >= 11 is 3.30. The van der Waals surface area contributed by atoms with Gasteiger partial charge in [0.1, 0.15) is 12.2 Å². The van der Waals surface area contributed by atoms with Gasteiger partial charge in [-0.2, -0.15) is 5.10 Å². The highest BCUT2D eigenvalue weighted by Gasteiger charge is 2.25. The van der Waals surface area contributed by atoms with Gasteiger partial charge >= 0.3 is 11.6 Å². The molecule has 2 aromatic heterocycles. The summed E-state index contributed by atoms with van der Waals surface area (Å²) in [5.74, 6) is -1.76. The summed E-state index contributed by atoms with van der Waals surface area (Å²) in [6.45, 7) is 3.14. The second-order valence-electron chi connectivity index (χ2n) is 5.81. The molecule has 0 saturated heterocycles. The second kappa shape index (κ2) is 6.87.